The van der Waals surface area contributed by atoms with Crippen LogP contribution in [0.15, 0.2) is 229 Å². The highest BCUT2D eigenvalue weighted by molar-refractivity contribution is 6.15. The molecule has 0 unspecified atom stereocenters. The SMILES string of the molecule is CC(C)(C)c1cccc2c1oc1c(N(c3ccccc3)c3ccc4cc5c(cc4c3)-c3cc4ccc(-n6c7ccc(-c8ccccc8)cc7c7cc(-c8ccccc8)ccc76)cc4cc3-5)cccc12. The van der Waals surface area contributed by atoms with Crippen molar-refractivity contribution < 1.29 is 4.42 Å². The molecule has 0 bridgehead atoms. The van der Waals surface area contributed by atoms with E-state index < -0.39 is 0 Å². The largest absolute Gasteiger partial charge is 0.454 e. The van der Waals surface area contributed by atoms with Crippen LogP contribution in [0.4, 0.5) is 17.1 Å². The number of rotatable bonds is 6. The Hall–Kier alpha value is -8.66. The van der Waals surface area contributed by atoms with Gasteiger partial charge in [-0.3, -0.25) is 0 Å². The maximum absolute atomic E-state index is 6.93. The first kappa shape index (κ1) is 39.5. The second-order valence-electron chi connectivity index (χ2n) is 19.7. The fraction of sp³-hybridized carbons (Fsp3) is 0.0606. The van der Waals surface area contributed by atoms with Crippen LogP contribution in [0.5, 0.6) is 0 Å². The highest BCUT2D eigenvalue weighted by Crippen LogP contribution is 2.52. The number of hydrogen-bond acceptors (Lipinski definition) is 2. The van der Waals surface area contributed by atoms with Gasteiger partial charge in [0.05, 0.1) is 16.7 Å². The molecule has 11 aromatic carbocycles. The molecule has 0 saturated carbocycles. The maximum atomic E-state index is 6.93. The zero-order chi connectivity index (χ0) is 46.0. The molecule has 0 saturated heterocycles. The van der Waals surface area contributed by atoms with Gasteiger partial charge >= 0.3 is 0 Å². The van der Waals surface area contributed by atoms with Crippen molar-refractivity contribution in [3.05, 3.63) is 230 Å². The topological polar surface area (TPSA) is 21.3 Å². The molecular weight excluding hydrogens is 837 g/mol. The molecule has 1 aliphatic carbocycles. The number of hydrogen-bond donors (Lipinski definition) is 0. The number of nitrogens with zero attached hydrogens (tertiary/aromatic N) is 2. The lowest BCUT2D eigenvalue weighted by atomic mass is 9.78. The van der Waals surface area contributed by atoms with Gasteiger partial charge in [0.25, 0.3) is 0 Å². The summed E-state index contributed by atoms with van der Waals surface area (Å²) in [5, 5.41) is 9.66. The van der Waals surface area contributed by atoms with E-state index >= 15 is 0 Å². The predicted molar refractivity (Wildman–Crippen MR) is 292 cm³/mol. The lowest BCUT2D eigenvalue weighted by Crippen LogP contribution is -2.11. The molecule has 13 aromatic rings. The monoisotopic (exact) mass is 882 g/mol. The first-order valence-electron chi connectivity index (χ1n) is 24.0. The summed E-state index contributed by atoms with van der Waals surface area (Å²) in [5.74, 6) is 0. The van der Waals surface area contributed by atoms with Gasteiger partial charge in [0.2, 0.25) is 0 Å². The highest BCUT2D eigenvalue weighted by Gasteiger charge is 2.27. The molecular formula is C66H46N2O. The molecule has 3 heteroatoms. The zero-order valence-electron chi connectivity index (χ0n) is 38.7. The molecule has 3 nitrogen and oxygen atoms in total. The molecule has 0 spiro atoms. The van der Waals surface area contributed by atoms with Crippen LogP contribution in [0, 0.1) is 0 Å². The van der Waals surface area contributed by atoms with Crippen LogP contribution >= 0.6 is 0 Å². The van der Waals surface area contributed by atoms with Crippen LogP contribution in [0.1, 0.15) is 26.3 Å². The summed E-state index contributed by atoms with van der Waals surface area (Å²) >= 11 is 0. The summed E-state index contributed by atoms with van der Waals surface area (Å²) in [5.41, 5.74) is 19.8. The lowest BCUT2D eigenvalue weighted by molar-refractivity contribution is 0.573. The molecule has 0 atom stereocenters. The molecule has 1 aliphatic rings. The highest BCUT2D eigenvalue weighted by atomic mass is 16.3. The Bertz CT molecular complexity index is 4110. The van der Waals surface area contributed by atoms with Gasteiger partial charge < -0.3 is 13.9 Å². The average molecular weight is 883 g/mol. The quantitative estimate of drug-likeness (QED) is 0.166. The minimum atomic E-state index is -0.0592. The van der Waals surface area contributed by atoms with Gasteiger partial charge in [0.1, 0.15) is 5.58 Å². The normalized spacial score (nSPS) is 12.3. The van der Waals surface area contributed by atoms with Crippen molar-refractivity contribution in [2.75, 3.05) is 4.90 Å². The van der Waals surface area contributed by atoms with Crippen molar-refractivity contribution in [2.24, 2.45) is 0 Å². The molecule has 326 valence electrons. The summed E-state index contributed by atoms with van der Waals surface area (Å²) in [6.45, 7) is 6.76. The van der Waals surface area contributed by atoms with Crippen LogP contribution in [0.25, 0.3) is 115 Å². The van der Waals surface area contributed by atoms with Crippen molar-refractivity contribution in [2.45, 2.75) is 26.2 Å². The van der Waals surface area contributed by atoms with Crippen LogP contribution in [-0.4, -0.2) is 4.57 Å². The average Bonchev–Trinajstić information content (AvgIpc) is 3.94. The van der Waals surface area contributed by atoms with Crippen LogP contribution in [0.2, 0.25) is 0 Å². The van der Waals surface area contributed by atoms with E-state index in [0.717, 1.165) is 44.7 Å². The fourth-order valence-corrected chi connectivity index (χ4v) is 11.2. The molecule has 2 heterocycles. The number of aromatic nitrogens is 1. The first-order chi connectivity index (χ1) is 33.8. The van der Waals surface area contributed by atoms with E-state index in [1.807, 2.05) is 0 Å². The van der Waals surface area contributed by atoms with Crippen LogP contribution < -0.4 is 4.90 Å². The molecule has 0 radical (unpaired) electrons. The summed E-state index contributed by atoms with van der Waals surface area (Å²) in [4.78, 5) is 2.35. The third kappa shape index (κ3) is 6.20. The Labute approximate surface area is 400 Å². The minimum Gasteiger partial charge on any atom is -0.454 e. The molecule has 69 heavy (non-hydrogen) atoms. The van der Waals surface area contributed by atoms with Crippen molar-refractivity contribution in [1.82, 2.24) is 4.57 Å². The Morgan fingerprint density at radius 2 is 0.884 bits per heavy atom. The fourth-order valence-electron chi connectivity index (χ4n) is 11.2. The maximum Gasteiger partial charge on any atom is 0.159 e. The number of furan rings is 1. The van der Waals surface area contributed by atoms with Crippen molar-refractivity contribution in [3.8, 4) is 50.2 Å². The predicted octanol–water partition coefficient (Wildman–Crippen LogP) is 18.7. The number of fused-ring (bicyclic) bond motifs is 12. The molecule has 0 aliphatic heterocycles. The Balaban J connectivity index is 0.865. The van der Waals surface area contributed by atoms with Crippen LogP contribution in [-0.2, 0) is 5.41 Å². The van der Waals surface area contributed by atoms with Gasteiger partial charge in [0.15, 0.2) is 5.58 Å². The van der Waals surface area contributed by atoms with Crippen molar-refractivity contribution in [3.63, 3.8) is 0 Å². The zero-order valence-corrected chi connectivity index (χ0v) is 38.7. The summed E-state index contributed by atoms with van der Waals surface area (Å²) in [6, 6.07) is 82.4. The van der Waals surface area contributed by atoms with E-state index in [1.54, 1.807) is 0 Å². The third-order valence-corrected chi connectivity index (χ3v) is 14.6. The standard InChI is InChI=1S/C66H46N2O/c1-66(2,3)60-23-13-21-52-53-22-14-24-63(65(53)69-64(52)60)67(49-19-11-6-12-20-49)50-29-25-45-35-54-56(39-47(45)33-50)55-36-46-26-30-51(34-48(46)40-57(54)55)68-61-31-27-43(41-15-7-4-8-16-41)37-58(61)59-38-44(28-32-62(59)68)42-17-9-5-10-18-42/h4-40H,1-3H3. The van der Waals surface area contributed by atoms with Gasteiger partial charge in [0, 0.05) is 44.2 Å². The summed E-state index contributed by atoms with van der Waals surface area (Å²) < 4.78 is 9.38. The second-order valence-corrected chi connectivity index (χ2v) is 19.7. The van der Waals surface area contributed by atoms with E-state index in [1.165, 1.54) is 93.4 Å². The number of benzene rings is 11. The van der Waals surface area contributed by atoms with E-state index in [4.69, 9.17) is 4.42 Å². The first-order valence-corrected chi connectivity index (χ1v) is 24.0. The van der Waals surface area contributed by atoms with E-state index in [0.29, 0.717) is 0 Å². The summed E-state index contributed by atoms with van der Waals surface area (Å²) in [7, 11) is 0. The molecule has 2 aromatic heterocycles. The third-order valence-electron chi connectivity index (χ3n) is 14.6. The van der Waals surface area contributed by atoms with E-state index in [9.17, 15) is 0 Å². The second kappa shape index (κ2) is 14.9. The smallest absolute Gasteiger partial charge is 0.159 e. The van der Waals surface area contributed by atoms with Gasteiger partial charge in [-0.05, 0) is 162 Å². The van der Waals surface area contributed by atoms with Gasteiger partial charge in [-0.2, -0.15) is 0 Å². The Morgan fingerprint density at radius 1 is 0.362 bits per heavy atom. The van der Waals surface area contributed by atoms with E-state index in [2.05, 4.69) is 255 Å². The number of para-hydroxylation sites is 3. The Morgan fingerprint density at radius 3 is 1.48 bits per heavy atom. The molecule has 0 fully saturated rings. The lowest BCUT2D eigenvalue weighted by Gasteiger charge is -2.28. The van der Waals surface area contributed by atoms with Gasteiger partial charge in [-0.15, -0.1) is 0 Å². The number of anilines is 3. The minimum absolute atomic E-state index is 0.0592. The van der Waals surface area contributed by atoms with E-state index in [-0.39, 0.29) is 5.41 Å². The summed E-state index contributed by atoms with van der Waals surface area (Å²) in [6.07, 6.45) is 0. The van der Waals surface area contributed by atoms with Crippen molar-refractivity contribution >= 4 is 82.4 Å². The van der Waals surface area contributed by atoms with Crippen molar-refractivity contribution in [1.29, 1.82) is 0 Å². The molecule has 0 amide bonds. The Kier molecular flexibility index (Phi) is 8.54. The molecule has 14 rings (SSSR count). The van der Waals surface area contributed by atoms with Crippen LogP contribution in [0.3, 0.4) is 0 Å². The van der Waals surface area contributed by atoms with Gasteiger partial charge in [-0.1, -0.05) is 154 Å². The van der Waals surface area contributed by atoms with Gasteiger partial charge in [-0.25, -0.2) is 0 Å². The molecule has 0 N–H and O–H groups in total.